The maximum atomic E-state index is 12.8. The maximum Gasteiger partial charge on any atom is 0.243 e. The van der Waals surface area contributed by atoms with Gasteiger partial charge in [-0.3, -0.25) is 9.59 Å². The number of amides is 2. The van der Waals surface area contributed by atoms with Gasteiger partial charge in [-0.25, -0.2) is 0 Å². The molecule has 138 valence electrons. The van der Waals surface area contributed by atoms with Crippen LogP contribution < -0.4 is 5.32 Å². The molecule has 0 aromatic heterocycles. The lowest BCUT2D eigenvalue weighted by molar-refractivity contribution is -0.141. The van der Waals surface area contributed by atoms with Crippen molar-refractivity contribution < 1.29 is 9.59 Å². The zero-order chi connectivity index (χ0) is 18.4. The summed E-state index contributed by atoms with van der Waals surface area (Å²) < 4.78 is 0. The average molecular weight is 385 g/mol. The van der Waals surface area contributed by atoms with Crippen LogP contribution >= 0.6 is 23.2 Å². The van der Waals surface area contributed by atoms with E-state index in [4.69, 9.17) is 23.2 Å². The SMILES string of the molecule is CCC(=O)N(Cc1c(Cl)cccc1Cl)[C@@H](CC)C(=O)NC1CCCC1. The van der Waals surface area contributed by atoms with Crippen molar-refractivity contribution in [2.45, 2.75) is 71.0 Å². The Morgan fingerprint density at radius 1 is 1.20 bits per heavy atom. The first-order chi connectivity index (χ1) is 12.0. The van der Waals surface area contributed by atoms with Crippen LogP contribution in [0.15, 0.2) is 18.2 Å². The lowest BCUT2D eigenvalue weighted by Gasteiger charge is -2.31. The van der Waals surface area contributed by atoms with Crippen LogP contribution in [0.2, 0.25) is 10.0 Å². The Morgan fingerprint density at radius 2 is 1.80 bits per heavy atom. The second kappa shape index (κ2) is 9.44. The van der Waals surface area contributed by atoms with Crippen molar-refractivity contribution in [3.8, 4) is 0 Å². The van der Waals surface area contributed by atoms with E-state index in [0.29, 0.717) is 28.5 Å². The second-order valence-electron chi connectivity index (χ2n) is 6.49. The molecule has 0 aliphatic heterocycles. The molecule has 1 atom stereocenters. The standard InChI is InChI=1S/C19H26Cl2N2O2/c1-3-17(19(25)22-13-8-5-6-9-13)23(18(24)4-2)12-14-15(20)10-7-11-16(14)21/h7,10-11,13,17H,3-6,8-9,12H2,1-2H3,(H,22,25)/t17-/m0/s1. The Balaban J connectivity index is 2.21. The van der Waals surface area contributed by atoms with Crippen LogP contribution in [-0.2, 0) is 16.1 Å². The van der Waals surface area contributed by atoms with Crippen LogP contribution in [-0.4, -0.2) is 28.8 Å². The third kappa shape index (κ3) is 5.11. The molecule has 1 aliphatic carbocycles. The molecule has 1 aromatic carbocycles. The summed E-state index contributed by atoms with van der Waals surface area (Å²) in [5.74, 6) is -0.163. The predicted molar refractivity (Wildman–Crippen MR) is 102 cm³/mol. The fourth-order valence-corrected chi connectivity index (χ4v) is 3.86. The molecule has 0 saturated heterocycles. The highest BCUT2D eigenvalue weighted by Crippen LogP contribution is 2.27. The first-order valence-corrected chi connectivity index (χ1v) is 9.76. The minimum absolute atomic E-state index is 0.0793. The monoisotopic (exact) mass is 384 g/mol. The Bertz CT molecular complexity index is 595. The van der Waals surface area contributed by atoms with E-state index in [0.717, 1.165) is 25.7 Å². The predicted octanol–water partition coefficient (Wildman–Crippen LogP) is 4.57. The fourth-order valence-electron chi connectivity index (χ4n) is 3.34. The van der Waals surface area contributed by atoms with Crippen LogP contribution in [0.4, 0.5) is 0 Å². The van der Waals surface area contributed by atoms with Gasteiger partial charge in [-0.05, 0) is 31.4 Å². The van der Waals surface area contributed by atoms with Crippen molar-refractivity contribution in [3.63, 3.8) is 0 Å². The fraction of sp³-hybridized carbons (Fsp3) is 0.579. The summed E-state index contributed by atoms with van der Waals surface area (Å²) in [5, 5.41) is 4.12. The molecule has 1 aromatic rings. The molecule has 1 fully saturated rings. The topological polar surface area (TPSA) is 49.4 Å². The number of nitrogens with zero attached hydrogens (tertiary/aromatic N) is 1. The van der Waals surface area contributed by atoms with E-state index >= 15 is 0 Å². The van der Waals surface area contributed by atoms with E-state index in [9.17, 15) is 9.59 Å². The van der Waals surface area contributed by atoms with Crippen LogP contribution in [0.1, 0.15) is 57.9 Å². The zero-order valence-electron chi connectivity index (χ0n) is 14.9. The minimum atomic E-state index is -0.514. The Kier molecular flexibility index (Phi) is 7.57. The van der Waals surface area contributed by atoms with Gasteiger partial charge in [0.25, 0.3) is 0 Å². The zero-order valence-corrected chi connectivity index (χ0v) is 16.4. The Morgan fingerprint density at radius 3 is 2.32 bits per heavy atom. The number of carbonyl (C=O) groups excluding carboxylic acids is 2. The highest BCUT2D eigenvalue weighted by atomic mass is 35.5. The molecule has 1 aliphatic rings. The number of halogens is 2. The van der Waals surface area contributed by atoms with E-state index in [1.807, 2.05) is 6.92 Å². The molecular formula is C19H26Cl2N2O2. The van der Waals surface area contributed by atoms with Crippen molar-refractivity contribution in [1.82, 2.24) is 10.2 Å². The molecule has 6 heteroatoms. The molecule has 4 nitrogen and oxygen atoms in total. The van der Waals surface area contributed by atoms with Gasteiger partial charge in [0.2, 0.25) is 11.8 Å². The highest BCUT2D eigenvalue weighted by Gasteiger charge is 2.30. The number of carbonyl (C=O) groups is 2. The lowest BCUT2D eigenvalue weighted by atomic mass is 10.1. The normalized spacial score (nSPS) is 15.8. The van der Waals surface area contributed by atoms with Crippen molar-refractivity contribution in [2.75, 3.05) is 0 Å². The van der Waals surface area contributed by atoms with Crippen molar-refractivity contribution in [2.24, 2.45) is 0 Å². The largest absolute Gasteiger partial charge is 0.352 e. The van der Waals surface area contributed by atoms with Crippen LogP contribution in [0, 0.1) is 0 Å². The van der Waals surface area contributed by atoms with Gasteiger partial charge in [0.1, 0.15) is 6.04 Å². The van der Waals surface area contributed by atoms with Gasteiger partial charge in [-0.1, -0.05) is 56.0 Å². The van der Waals surface area contributed by atoms with E-state index in [2.05, 4.69) is 5.32 Å². The number of hydrogen-bond donors (Lipinski definition) is 1. The van der Waals surface area contributed by atoms with Gasteiger partial charge in [0, 0.05) is 34.6 Å². The molecule has 0 bridgehead atoms. The van der Waals surface area contributed by atoms with E-state index < -0.39 is 6.04 Å². The van der Waals surface area contributed by atoms with Crippen molar-refractivity contribution >= 4 is 35.0 Å². The Hall–Kier alpha value is -1.26. The van der Waals surface area contributed by atoms with Crippen LogP contribution in [0.5, 0.6) is 0 Å². The number of rotatable bonds is 7. The molecule has 2 amide bonds. The third-order valence-electron chi connectivity index (χ3n) is 4.78. The smallest absolute Gasteiger partial charge is 0.243 e. The molecule has 0 heterocycles. The number of benzene rings is 1. The molecule has 0 radical (unpaired) electrons. The van der Waals surface area contributed by atoms with Crippen LogP contribution in [0.25, 0.3) is 0 Å². The Labute approximate surface area is 159 Å². The van der Waals surface area contributed by atoms with E-state index in [1.165, 1.54) is 0 Å². The second-order valence-corrected chi connectivity index (χ2v) is 7.30. The highest BCUT2D eigenvalue weighted by molar-refractivity contribution is 6.36. The van der Waals surface area contributed by atoms with Crippen LogP contribution in [0.3, 0.4) is 0 Å². The average Bonchev–Trinajstić information content (AvgIpc) is 3.09. The quantitative estimate of drug-likeness (QED) is 0.748. The summed E-state index contributed by atoms with van der Waals surface area (Å²) in [4.78, 5) is 26.9. The third-order valence-corrected chi connectivity index (χ3v) is 5.49. The van der Waals surface area contributed by atoms with Gasteiger partial charge in [0.05, 0.1) is 0 Å². The van der Waals surface area contributed by atoms with Gasteiger partial charge in [0.15, 0.2) is 0 Å². The van der Waals surface area contributed by atoms with Gasteiger partial charge >= 0.3 is 0 Å². The summed E-state index contributed by atoms with van der Waals surface area (Å²) in [7, 11) is 0. The minimum Gasteiger partial charge on any atom is -0.352 e. The van der Waals surface area contributed by atoms with Crippen molar-refractivity contribution in [1.29, 1.82) is 0 Å². The summed E-state index contributed by atoms with van der Waals surface area (Å²) in [6.07, 6.45) is 5.20. The molecule has 0 unspecified atom stereocenters. The molecule has 1 N–H and O–H groups in total. The van der Waals surface area contributed by atoms with Gasteiger partial charge in [-0.2, -0.15) is 0 Å². The number of hydrogen-bond acceptors (Lipinski definition) is 2. The van der Waals surface area contributed by atoms with Gasteiger partial charge < -0.3 is 10.2 Å². The molecule has 25 heavy (non-hydrogen) atoms. The van der Waals surface area contributed by atoms with E-state index in [1.54, 1.807) is 30.0 Å². The maximum absolute atomic E-state index is 12.8. The summed E-state index contributed by atoms with van der Waals surface area (Å²) in [6.45, 7) is 3.95. The first kappa shape index (κ1) is 20.1. The molecular weight excluding hydrogens is 359 g/mol. The van der Waals surface area contributed by atoms with Crippen molar-refractivity contribution in [3.05, 3.63) is 33.8 Å². The molecule has 0 spiro atoms. The van der Waals surface area contributed by atoms with Gasteiger partial charge in [-0.15, -0.1) is 0 Å². The lowest BCUT2D eigenvalue weighted by Crippen LogP contribution is -2.50. The van der Waals surface area contributed by atoms with E-state index in [-0.39, 0.29) is 24.4 Å². The first-order valence-electron chi connectivity index (χ1n) is 9.00. The number of nitrogens with one attached hydrogen (secondary N) is 1. The summed E-state index contributed by atoms with van der Waals surface area (Å²) in [5.41, 5.74) is 0.680. The summed E-state index contributed by atoms with van der Waals surface area (Å²) >= 11 is 12.5. The summed E-state index contributed by atoms with van der Waals surface area (Å²) in [6, 6.07) is 4.97. The molecule has 1 saturated carbocycles. The molecule has 2 rings (SSSR count).